The van der Waals surface area contributed by atoms with Crippen molar-refractivity contribution in [3.63, 3.8) is 0 Å². The molecule has 2 aromatic carbocycles. The number of benzene rings is 2. The number of piperazine rings is 1. The normalized spacial score (nSPS) is 17.1. The number of aryl methyl sites for hydroxylation is 2. The van der Waals surface area contributed by atoms with Gasteiger partial charge in [-0.25, -0.2) is 0 Å². The van der Waals surface area contributed by atoms with Crippen molar-refractivity contribution >= 4 is 35.0 Å². The maximum atomic E-state index is 13.1. The number of hydrogen-bond donors (Lipinski definition) is 0. The zero-order chi connectivity index (χ0) is 19.7. The zero-order valence-corrected chi connectivity index (χ0v) is 17.1. The molecule has 1 saturated heterocycles. The van der Waals surface area contributed by atoms with Crippen LogP contribution in [0.3, 0.4) is 0 Å². The molecule has 0 N–H and O–H groups in total. The van der Waals surface area contributed by atoms with Crippen molar-refractivity contribution in [3.05, 3.63) is 68.7 Å². The SMILES string of the molecule is CC(=O)N1CCN(C(=O)c2cc(C)cc(C)c2)CC1c1ccc(Cl)c(Cl)c1. The fourth-order valence-corrected chi connectivity index (χ4v) is 3.94. The molecule has 1 unspecified atom stereocenters. The smallest absolute Gasteiger partial charge is 0.254 e. The van der Waals surface area contributed by atoms with E-state index in [0.29, 0.717) is 35.2 Å². The Hall–Kier alpha value is -2.04. The van der Waals surface area contributed by atoms with Crippen LogP contribution in [0.4, 0.5) is 0 Å². The summed E-state index contributed by atoms with van der Waals surface area (Å²) in [5.41, 5.74) is 3.66. The van der Waals surface area contributed by atoms with E-state index in [9.17, 15) is 9.59 Å². The van der Waals surface area contributed by atoms with Gasteiger partial charge >= 0.3 is 0 Å². The molecular weight excluding hydrogens is 383 g/mol. The van der Waals surface area contributed by atoms with Crippen molar-refractivity contribution < 1.29 is 9.59 Å². The Morgan fingerprint density at radius 3 is 2.22 bits per heavy atom. The molecule has 0 aliphatic carbocycles. The summed E-state index contributed by atoms with van der Waals surface area (Å²) in [6.45, 7) is 6.92. The van der Waals surface area contributed by atoms with Gasteiger partial charge in [-0.2, -0.15) is 0 Å². The first-order valence-electron chi connectivity index (χ1n) is 8.86. The number of carbonyl (C=O) groups excluding carboxylic acids is 2. The van der Waals surface area contributed by atoms with E-state index < -0.39 is 0 Å². The van der Waals surface area contributed by atoms with Crippen LogP contribution in [-0.4, -0.2) is 41.2 Å². The molecule has 1 heterocycles. The molecule has 1 fully saturated rings. The predicted molar refractivity (Wildman–Crippen MR) is 108 cm³/mol. The Labute approximate surface area is 169 Å². The number of halogens is 2. The zero-order valence-electron chi connectivity index (χ0n) is 15.6. The van der Waals surface area contributed by atoms with Gasteiger partial charge in [0.1, 0.15) is 0 Å². The van der Waals surface area contributed by atoms with Crippen LogP contribution in [0.25, 0.3) is 0 Å². The van der Waals surface area contributed by atoms with Crippen molar-refractivity contribution in [2.45, 2.75) is 26.8 Å². The lowest BCUT2D eigenvalue weighted by Crippen LogP contribution is -2.51. The first kappa shape index (κ1) is 19.7. The molecule has 6 heteroatoms. The molecular formula is C21H22Cl2N2O2. The number of rotatable bonds is 2. The molecule has 142 valence electrons. The number of hydrogen-bond acceptors (Lipinski definition) is 2. The molecule has 1 atom stereocenters. The molecule has 2 aromatic rings. The van der Waals surface area contributed by atoms with Gasteiger partial charge in [0.05, 0.1) is 16.1 Å². The van der Waals surface area contributed by atoms with Crippen LogP contribution in [0.15, 0.2) is 36.4 Å². The molecule has 3 rings (SSSR count). The molecule has 0 radical (unpaired) electrons. The molecule has 0 saturated carbocycles. The average Bonchev–Trinajstić information content (AvgIpc) is 2.62. The third kappa shape index (κ3) is 4.28. The van der Waals surface area contributed by atoms with E-state index in [0.717, 1.165) is 16.7 Å². The molecule has 0 bridgehead atoms. The van der Waals surface area contributed by atoms with Crippen LogP contribution >= 0.6 is 23.2 Å². The molecule has 1 aliphatic rings. The Balaban J connectivity index is 1.90. The van der Waals surface area contributed by atoms with Gasteiger partial charge in [-0.05, 0) is 43.7 Å². The number of nitrogens with zero attached hydrogens (tertiary/aromatic N) is 2. The van der Waals surface area contributed by atoms with Crippen molar-refractivity contribution in [3.8, 4) is 0 Å². The highest BCUT2D eigenvalue weighted by atomic mass is 35.5. The highest BCUT2D eigenvalue weighted by Crippen LogP contribution is 2.31. The second kappa shape index (κ2) is 7.91. The molecule has 4 nitrogen and oxygen atoms in total. The van der Waals surface area contributed by atoms with Gasteiger partial charge in [0, 0.05) is 32.1 Å². The summed E-state index contributed by atoms with van der Waals surface area (Å²) in [5, 5.41) is 0.907. The molecule has 27 heavy (non-hydrogen) atoms. The van der Waals surface area contributed by atoms with Crippen molar-refractivity contribution in [1.29, 1.82) is 0 Å². The van der Waals surface area contributed by atoms with Crippen molar-refractivity contribution in [1.82, 2.24) is 9.80 Å². The van der Waals surface area contributed by atoms with Gasteiger partial charge in [-0.15, -0.1) is 0 Å². The Bertz CT molecular complexity index is 877. The molecule has 2 amide bonds. The van der Waals surface area contributed by atoms with Crippen LogP contribution in [0.5, 0.6) is 0 Å². The summed E-state index contributed by atoms with van der Waals surface area (Å²) >= 11 is 12.2. The minimum absolute atomic E-state index is 0.0185. The fraction of sp³-hybridized carbons (Fsp3) is 0.333. The fourth-order valence-electron chi connectivity index (χ4n) is 3.63. The van der Waals surface area contributed by atoms with Crippen molar-refractivity contribution in [2.24, 2.45) is 0 Å². The maximum Gasteiger partial charge on any atom is 0.254 e. The average molecular weight is 405 g/mol. The Kier molecular flexibility index (Phi) is 5.78. The van der Waals surface area contributed by atoms with E-state index >= 15 is 0 Å². The summed E-state index contributed by atoms with van der Waals surface area (Å²) in [6, 6.07) is 11.0. The highest BCUT2D eigenvalue weighted by Gasteiger charge is 2.32. The quantitative estimate of drug-likeness (QED) is 0.730. The van der Waals surface area contributed by atoms with Gasteiger partial charge in [0.15, 0.2) is 0 Å². The summed E-state index contributed by atoms with van der Waals surface area (Å²) in [6.07, 6.45) is 0. The summed E-state index contributed by atoms with van der Waals surface area (Å²) in [7, 11) is 0. The van der Waals surface area contributed by atoms with E-state index in [4.69, 9.17) is 23.2 Å². The highest BCUT2D eigenvalue weighted by molar-refractivity contribution is 6.42. The monoisotopic (exact) mass is 404 g/mol. The second-order valence-electron chi connectivity index (χ2n) is 7.03. The Morgan fingerprint density at radius 2 is 1.63 bits per heavy atom. The van der Waals surface area contributed by atoms with Gasteiger partial charge < -0.3 is 9.80 Å². The minimum Gasteiger partial charge on any atom is -0.334 e. The minimum atomic E-state index is -0.249. The van der Waals surface area contributed by atoms with Crippen LogP contribution in [0.2, 0.25) is 10.0 Å². The van der Waals surface area contributed by atoms with E-state index in [-0.39, 0.29) is 17.9 Å². The standard InChI is InChI=1S/C21H22Cl2N2O2/c1-13-8-14(2)10-17(9-13)21(27)24-6-7-25(15(3)26)20(12-24)16-4-5-18(22)19(23)11-16/h4-5,8-11,20H,6-7,12H2,1-3H3. The second-order valence-corrected chi connectivity index (χ2v) is 7.84. The van der Waals surface area contributed by atoms with Crippen LogP contribution in [0, 0.1) is 13.8 Å². The largest absolute Gasteiger partial charge is 0.334 e. The van der Waals surface area contributed by atoms with Crippen molar-refractivity contribution in [2.75, 3.05) is 19.6 Å². The number of amides is 2. The molecule has 1 aliphatic heterocycles. The summed E-state index contributed by atoms with van der Waals surface area (Å²) in [5.74, 6) is -0.0420. The first-order valence-corrected chi connectivity index (χ1v) is 9.61. The lowest BCUT2D eigenvalue weighted by molar-refractivity contribution is -0.133. The van der Waals surface area contributed by atoms with Gasteiger partial charge in [0.25, 0.3) is 5.91 Å². The van der Waals surface area contributed by atoms with Crippen LogP contribution in [-0.2, 0) is 4.79 Å². The Morgan fingerprint density at radius 1 is 0.963 bits per heavy atom. The van der Waals surface area contributed by atoms with Crippen LogP contribution in [0.1, 0.15) is 40.0 Å². The predicted octanol–water partition coefficient (Wildman–Crippen LogP) is 4.66. The first-order chi connectivity index (χ1) is 12.8. The van der Waals surface area contributed by atoms with E-state index in [1.165, 1.54) is 0 Å². The van der Waals surface area contributed by atoms with Gasteiger partial charge in [-0.3, -0.25) is 9.59 Å². The summed E-state index contributed by atoms with van der Waals surface area (Å²) < 4.78 is 0. The molecule has 0 aromatic heterocycles. The summed E-state index contributed by atoms with van der Waals surface area (Å²) in [4.78, 5) is 28.8. The van der Waals surface area contributed by atoms with E-state index in [2.05, 4.69) is 0 Å². The molecule has 0 spiro atoms. The van der Waals surface area contributed by atoms with Crippen LogP contribution < -0.4 is 0 Å². The third-order valence-corrected chi connectivity index (χ3v) is 5.61. The van der Waals surface area contributed by atoms with E-state index in [1.807, 2.05) is 38.1 Å². The lowest BCUT2D eigenvalue weighted by Gasteiger charge is -2.41. The van der Waals surface area contributed by atoms with E-state index in [1.54, 1.807) is 28.9 Å². The lowest BCUT2D eigenvalue weighted by atomic mass is 10.0. The third-order valence-electron chi connectivity index (χ3n) is 4.87. The maximum absolute atomic E-state index is 13.1. The van der Waals surface area contributed by atoms with Gasteiger partial charge in [0.2, 0.25) is 5.91 Å². The van der Waals surface area contributed by atoms with Gasteiger partial charge in [-0.1, -0.05) is 46.5 Å². The topological polar surface area (TPSA) is 40.6 Å². The number of carbonyl (C=O) groups is 2.